The first-order valence-corrected chi connectivity index (χ1v) is 4.55. The molecule has 6 heteroatoms. The third kappa shape index (κ3) is 3.14. The number of rotatable bonds is 2. The summed E-state index contributed by atoms with van der Waals surface area (Å²) in [6, 6.07) is 5.80. The first-order valence-electron chi connectivity index (χ1n) is 3.17. The fourth-order valence-corrected chi connectivity index (χ4v) is 1.14. The normalized spacial score (nSPS) is 12.2. The molecule has 1 aromatic carbocycles. The zero-order valence-electron chi connectivity index (χ0n) is 6.23. The summed E-state index contributed by atoms with van der Waals surface area (Å²) in [6.07, 6.45) is 0. The Morgan fingerprint density at radius 2 is 2.23 bits per heavy atom. The standard InChI is InChI=1S/C7H5ClO4S/c8-6-3-1-2-5(4-6)7(9)12-13(10)11/h1-4H,(H,10,11)/p-1. The Kier molecular flexibility index (Phi) is 3.41. The van der Waals surface area contributed by atoms with Gasteiger partial charge in [0.2, 0.25) is 0 Å². The minimum Gasteiger partial charge on any atom is -0.740 e. The number of halogens is 1. The molecule has 0 saturated heterocycles. The maximum Gasteiger partial charge on any atom is 0.351 e. The molecule has 0 amide bonds. The van der Waals surface area contributed by atoms with E-state index in [1.807, 2.05) is 0 Å². The van der Waals surface area contributed by atoms with Crippen molar-refractivity contribution >= 4 is 28.9 Å². The van der Waals surface area contributed by atoms with Crippen molar-refractivity contribution in [2.75, 3.05) is 0 Å². The minimum atomic E-state index is -2.85. The summed E-state index contributed by atoms with van der Waals surface area (Å²) in [6.45, 7) is 0. The zero-order chi connectivity index (χ0) is 9.84. The van der Waals surface area contributed by atoms with Gasteiger partial charge in [-0.1, -0.05) is 17.7 Å². The molecular formula is C7H4ClO4S-. The molecule has 0 heterocycles. The highest BCUT2D eigenvalue weighted by molar-refractivity contribution is 7.74. The van der Waals surface area contributed by atoms with Crippen LogP contribution in [-0.2, 0) is 15.5 Å². The molecule has 0 saturated carbocycles. The molecule has 1 aromatic rings. The number of carbonyl (C=O) groups excluding carboxylic acids is 1. The highest BCUT2D eigenvalue weighted by atomic mass is 35.5. The van der Waals surface area contributed by atoms with Crippen molar-refractivity contribution < 1.29 is 17.7 Å². The van der Waals surface area contributed by atoms with Gasteiger partial charge in [-0.3, -0.25) is 0 Å². The molecule has 13 heavy (non-hydrogen) atoms. The van der Waals surface area contributed by atoms with E-state index < -0.39 is 17.3 Å². The number of hydrogen-bond acceptors (Lipinski definition) is 4. The first kappa shape index (κ1) is 10.2. The van der Waals surface area contributed by atoms with E-state index in [2.05, 4.69) is 4.18 Å². The average Bonchev–Trinajstić information content (AvgIpc) is 2.03. The lowest BCUT2D eigenvalue weighted by molar-refractivity contribution is 0.0742. The molecular weight excluding hydrogens is 216 g/mol. The molecule has 0 aliphatic heterocycles. The van der Waals surface area contributed by atoms with Crippen LogP contribution >= 0.6 is 11.6 Å². The molecule has 0 aliphatic carbocycles. The van der Waals surface area contributed by atoms with E-state index in [1.165, 1.54) is 18.2 Å². The van der Waals surface area contributed by atoms with Crippen LogP contribution in [0.4, 0.5) is 0 Å². The third-order valence-corrected chi connectivity index (χ3v) is 1.73. The third-order valence-electron chi connectivity index (χ3n) is 1.20. The van der Waals surface area contributed by atoms with E-state index >= 15 is 0 Å². The van der Waals surface area contributed by atoms with E-state index in [0.717, 1.165) is 0 Å². The topological polar surface area (TPSA) is 66.4 Å². The van der Waals surface area contributed by atoms with Crippen LogP contribution in [0.1, 0.15) is 10.4 Å². The number of carbonyl (C=O) groups is 1. The predicted octanol–water partition coefficient (Wildman–Crippen LogP) is 1.29. The fourth-order valence-electron chi connectivity index (χ4n) is 0.725. The van der Waals surface area contributed by atoms with Crippen LogP contribution in [0.2, 0.25) is 5.02 Å². The van der Waals surface area contributed by atoms with Crippen molar-refractivity contribution in [3.63, 3.8) is 0 Å². The monoisotopic (exact) mass is 219 g/mol. The molecule has 0 aromatic heterocycles. The first-order chi connectivity index (χ1) is 6.09. The largest absolute Gasteiger partial charge is 0.740 e. The molecule has 0 fully saturated rings. The van der Waals surface area contributed by atoms with Crippen molar-refractivity contribution in [3.8, 4) is 0 Å². The van der Waals surface area contributed by atoms with Crippen molar-refractivity contribution in [2.45, 2.75) is 0 Å². The molecule has 4 nitrogen and oxygen atoms in total. The van der Waals surface area contributed by atoms with Crippen molar-refractivity contribution in [1.82, 2.24) is 0 Å². The molecule has 1 unspecified atom stereocenters. The van der Waals surface area contributed by atoms with Gasteiger partial charge in [-0.25, -0.2) is 9.00 Å². The number of hydrogen-bond donors (Lipinski definition) is 0. The summed E-state index contributed by atoms with van der Waals surface area (Å²) in [5.74, 6) is -0.948. The van der Waals surface area contributed by atoms with Crippen LogP contribution in [0, 0.1) is 0 Å². The lowest BCUT2D eigenvalue weighted by Crippen LogP contribution is -2.06. The molecule has 0 radical (unpaired) electrons. The van der Waals surface area contributed by atoms with Crippen molar-refractivity contribution in [1.29, 1.82) is 0 Å². The van der Waals surface area contributed by atoms with Gasteiger partial charge in [-0.15, -0.1) is 0 Å². The minimum absolute atomic E-state index is 0.0942. The quantitative estimate of drug-likeness (QED) is 0.703. The van der Waals surface area contributed by atoms with Gasteiger partial charge >= 0.3 is 5.97 Å². The van der Waals surface area contributed by atoms with Crippen LogP contribution in [0.3, 0.4) is 0 Å². The Bertz CT molecular complexity index is 352. The van der Waals surface area contributed by atoms with Gasteiger partial charge in [0.05, 0.1) is 5.56 Å². The van der Waals surface area contributed by atoms with Gasteiger partial charge in [0.1, 0.15) is 11.4 Å². The second kappa shape index (κ2) is 4.36. The molecule has 1 atom stereocenters. The lowest BCUT2D eigenvalue weighted by Gasteiger charge is -2.04. The predicted molar refractivity (Wildman–Crippen MR) is 45.8 cm³/mol. The Hall–Kier alpha value is -0.910. The van der Waals surface area contributed by atoms with E-state index in [0.29, 0.717) is 5.02 Å². The SMILES string of the molecule is O=C(OS(=O)[O-])c1cccc(Cl)c1. The van der Waals surface area contributed by atoms with Crippen LogP contribution in [0.25, 0.3) is 0 Å². The van der Waals surface area contributed by atoms with E-state index in [9.17, 15) is 13.6 Å². The average molecular weight is 220 g/mol. The van der Waals surface area contributed by atoms with Crippen LogP contribution in [-0.4, -0.2) is 14.7 Å². The second-order valence-electron chi connectivity index (χ2n) is 2.09. The summed E-state index contributed by atoms with van der Waals surface area (Å²) >= 11 is 2.72. The molecule has 1 rings (SSSR count). The summed E-state index contributed by atoms with van der Waals surface area (Å²) in [7, 11) is 0. The smallest absolute Gasteiger partial charge is 0.351 e. The van der Waals surface area contributed by atoms with Crippen molar-refractivity contribution in [2.24, 2.45) is 0 Å². The van der Waals surface area contributed by atoms with Crippen LogP contribution < -0.4 is 0 Å². The van der Waals surface area contributed by atoms with Gasteiger partial charge in [0.15, 0.2) is 0 Å². The maximum absolute atomic E-state index is 10.9. The fraction of sp³-hybridized carbons (Fsp3) is 0. The maximum atomic E-state index is 10.9. The molecule has 0 N–H and O–H groups in total. The summed E-state index contributed by atoms with van der Waals surface area (Å²) in [4.78, 5) is 10.9. The Balaban J connectivity index is 2.83. The van der Waals surface area contributed by atoms with Gasteiger partial charge in [0, 0.05) is 5.02 Å². The van der Waals surface area contributed by atoms with E-state index in [1.54, 1.807) is 6.07 Å². The van der Waals surface area contributed by atoms with Crippen LogP contribution in [0.5, 0.6) is 0 Å². The van der Waals surface area contributed by atoms with E-state index in [-0.39, 0.29) is 5.56 Å². The van der Waals surface area contributed by atoms with Crippen LogP contribution in [0.15, 0.2) is 24.3 Å². The summed E-state index contributed by atoms with van der Waals surface area (Å²) in [5, 5.41) is 0.339. The Morgan fingerprint density at radius 1 is 1.54 bits per heavy atom. The number of benzene rings is 1. The summed E-state index contributed by atoms with van der Waals surface area (Å²) < 4.78 is 23.9. The van der Waals surface area contributed by atoms with Crippen molar-refractivity contribution in [3.05, 3.63) is 34.9 Å². The van der Waals surface area contributed by atoms with Gasteiger partial charge < -0.3 is 8.74 Å². The highest BCUT2D eigenvalue weighted by Gasteiger charge is 2.06. The van der Waals surface area contributed by atoms with Gasteiger partial charge in [0.25, 0.3) is 0 Å². The highest BCUT2D eigenvalue weighted by Crippen LogP contribution is 2.11. The molecule has 70 valence electrons. The van der Waals surface area contributed by atoms with Gasteiger partial charge in [-0.2, -0.15) is 0 Å². The Morgan fingerprint density at radius 3 is 2.77 bits per heavy atom. The molecule has 0 spiro atoms. The second-order valence-corrected chi connectivity index (χ2v) is 3.10. The van der Waals surface area contributed by atoms with E-state index in [4.69, 9.17) is 11.6 Å². The van der Waals surface area contributed by atoms with Gasteiger partial charge in [-0.05, 0) is 18.2 Å². The molecule has 0 bridgehead atoms. The summed E-state index contributed by atoms with van der Waals surface area (Å²) in [5.41, 5.74) is 0.0942. The molecule has 0 aliphatic rings. The Labute approximate surface area is 82.0 Å². The zero-order valence-corrected chi connectivity index (χ0v) is 7.80. The lowest BCUT2D eigenvalue weighted by atomic mass is 10.2.